The summed E-state index contributed by atoms with van der Waals surface area (Å²) in [7, 11) is 0. The third-order valence-corrected chi connectivity index (χ3v) is 7.69. The fourth-order valence-corrected chi connectivity index (χ4v) is 6.62. The number of hydrogen-bond donors (Lipinski definition) is 2. The van der Waals surface area contributed by atoms with Gasteiger partial charge in [-0.2, -0.15) is 5.10 Å². The zero-order valence-corrected chi connectivity index (χ0v) is 18.1. The van der Waals surface area contributed by atoms with Crippen molar-refractivity contribution in [3.05, 3.63) is 47.0 Å². The van der Waals surface area contributed by atoms with Gasteiger partial charge in [-0.25, -0.2) is 9.07 Å². The molecule has 1 aromatic heterocycles. The molecule has 4 fully saturated rings. The van der Waals surface area contributed by atoms with Crippen LogP contribution in [0, 0.1) is 42.8 Å². The van der Waals surface area contributed by atoms with Crippen molar-refractivity contribution in [3.63, 3.8) is 0 Å². The second-order valence-electron chi connectivity index (χ2n) is 9.91. The monoisotopic (exact) mass is 424 g/mol. The first-order valence-electron chi connectivity index (χ1n) is 11.2. The molecule has 4 aliphatic carbocycles. The van der Waals surface area contributed by atoms with E-state index in [0.717, 1.165) is 41.9 Å². The van der Waals surface area contributed by atoms with Gasteiger partial charge in [0.1, 0.15) is 5.82 Å². The van der Waals surface area contributed by atoms with Crippen LogP contribution in [0.25, 0.3) is 5.69 Å². The molecule has 0 spiro atoms. The molecule has 4 saturated carbocycles. The second kappa shape index (κ2) is 7.46. The summed E-state index contributed by atoms with van der Waals surface area (Å²) >= 11 is 0. The average molecular weight is 425 g/mol. The van der Waals surface area contributed by atoms with Gasteiger partial charge in [0.05, 0.1) is 23.2 Å². The topological polar surface area (TPSA) is 76.0 Å². The van der Waals surface area contributed by atoms with Crippen molar-refractivity contribution in [1.82, 2.24) is 20.6 Å². The number of rotatable bonds is 4. The highest BCUT2D eigenvalue weighted by molar-refractivity contribution is 5.87. The first-order chi connectivity index (χ1) is 14.8. The van der Waals surface area contributed by atoms with Crippen molar-refractivity contribution in [2.24, 2.45) is 23.2 Å². The number of nitrogens with one attached hydrogen (secondary N) is 2. The molecule has 2 aromatic rings. The van der Waals surface area contributed by atoms with Gasteiger partial charge in [-0.1, -0.05) is 0 Å². The first kappa shape index (κ1) is 20.2. The van der Waals surface area contributed by atoms with Gasteiger partial charge < -0.3 is 0 Å². The Bertz CT molecular complexity index is 992. The van der Waals surface area contributed by atoms with Crippen LogP contribution in [0.5, 0.6) is 0 Å². The number of benzene rings is 1. The van der Waals surface area contributed by atoms with Gasteiger partial charge >= 0.3 is 0 Å². The molecule has 1 heterocycles. The molecule has 6 rings (SSSR count). The maximum atomic E-state index is 13.2. The zero-order chi connectivity index (χ0) is 21.8. The van der Waals surface area contributed by atoms with Crippen LogP contribution in [0.4, 0.5) is 4.39 Å². The Morgan fingerprint density at radius 3 is 2.19 bits per heavy atom. The minimum absolute atomic E-state index is 0.0181. The molecule has 0 aliphatic heterocycles. The van der Waals surface area contributed by atoms with Gasteiger partial charge in [0, 0.05) is 11.3 Å². The lowest BCUT2D eigenvalue weighted by Gasteiger charge is -2.55. The molecule has 2 N–H and O–H groups in total. The van der Waals surface area contributed by atoms with Crippen LogP contribution in [0.2, 0.25) is 0 Å². The summed E-state index contributed by atoms with van der Waals surface area (Å²) in [6.45, 7) is 3.74. The Labute approximate surface area is 181 Å². The highest BCUT2D eigenvalue weighted by Gasteiger charge is 2.54. The van der Waals surface area contributed by atoms with Crippen LogP contribution in [0.3, 0.4) is 0 Å². The molecule has 0 saturated heterocycles. The molecule has 31 heavy (non-hydrogen) atoms. The first-order valence-corrected chi connectivity index (χ1v) is 11.2. The Morgan fingerprint density at radius 2 is 1.61 bits per heavy atom. The molecular weight excluding hydrogens is 395 g/mol. The normalized spacial score (nSPS) is 28.5. The van der Waals surface area contributed by atoms with Gasteiger partial charge in [-0.3, -0.25) is 20.4 Å². The van der Waals surface area contributed by atoms with Crippen molar-refractivity contribution in [3.8, 4) is 5.69 Å². The van der Waals surface area contributed by atoms with Gasteiger partial charge in [0.25, 0.3) is 0 Å². The number of halogens is 1. The van der Waals surface area contributed by atoms with E-state index >= 15 is 0 Å². The minimum Gasteiger partial charge on any atom is -0.273 e. The summed E-state index contributed by atoms with van der Waals surface area (Å²) in [6.07, 6.45) is 6.83. The summed E-state index contributed by atoms with van der Waals surface area (Å²) in [5.41, 5.74) is 8.20. The second-order valence-corrected chi connectivity index (χ2v) is 9.91. The summed E-state index contributed by atoms with van der Waals surface area (Å²) in [4.78, 5) is 25.7. The Kier molecular flexibility index (Phi) is 4.87. The van der Waals surface area contributed by atoms with E-state index in [-0.39, 0.29) is 29.5 Å². The lowest BCUT2D eigenvalue weighted by atomic mass is 9.49. The number of aryl methyl sites for hydroxylation is 1. The average Bonchev–Trinajstić information content (AvgIpc) is 3.00. The molecule has 2 amide bonds. The predicted molar refractivity (Wildman–Crippen MR) is 114 cm³/mol. The lowest BCUT2D eigenvalue weighted by Crippen LogP contribution is -2.56. The van der Waals surface area contributed by atoms with Crippen LogP contribution >= 0.6 is 0 Å². The molecule has 0 radical (unpaired) electrons. The van der Waals surface area contributed by atoms with E-state index in [9.17, 15) is 14.0 Å². The fraction of sp³-hybridized carbons (Fsp3) is 0.542. The van der Waals surface area contributed by atoms with Crippen molar-refractivity contribution in [2.75, 3.05) is 0 Å². The lowest BCUT2D eigenvalue weighted by molar-refractivity contribution is -0.148. The summed E-state index contributed by atoms with van der Waals surface area (Å²) in [5.74, 6) is 1.44. The van der Waals surface area contributed by atoms with Crippen molar-refractivity contribution in [1.29, 1.82) is 0 Å². The summed E-state index contributed by atoms with van der Waals surface area (Å²) in [5, 5.41) is 4.51. The van der Waals surface area contributed by atoms with Crippen LogP contribution in [-0.2, 0) is 16.0 Å². The van der Waals surface area contributed by atoms with Crippen LogP contribution in [-0.4, -0.2) is 21.6 Å². The minimum atomic E-state index is -0.306. The number of aromatic nitrogens is 2. The standard InChI is InChI=1S/C24H29FN4O2/c1-14-21(15(2)29(28-14)20-5-3-19(25)4-6-20)10-22(30)26-27-23(31)24-11-16-7-17(12-24)9-18(8-16)13-24/h3-6,16-18H,7-13H2,1-2H3,(H,26,30)(H,27,31). The van der Waals surface area contributed by atoms with Crippen molar-refractivity contribution < 1.29 is 14.0 Å². The molecule has 4 bridgehead atoms. The SMILES string of the molecule is Cc1nn(-c2ccc(F)cc2)c(C)c1CC(=O)NNC(=O)C12CC3CC(CC(C3)C1)C2. The number of carbonyl (C=O) groups excluding carboxylic acids is 2. The van der Waals surface area contributed by atoms with E-state index in [0.29, 0.717) is 17.8 Å². The summed E-state index contributed by atoms with van der Waals surface area (Å²) in [6, 6.07) is 6.09. The fourth-order valence-electron chi connectivity index (χ4n) is 6.62. The molecular formula is C24H29FN4O2. The third kappa shape index (κ3) is 3.64. The van der Waals surface area contributed by atoms with Gasteiger partial charge in [-0.05, 0) is 94.4 Å². The van der Waals surface area contributed by atoms with Crippen LogP contribution < -0.4 is 10.9 Å². The number of amides is 2. The van der Waals surface area contributed by atoms with Gasteiger partial charge in [0.15, 0.2) is 0 Å². The molecule has 164 valence electrons. The van der Waals surface area contributed by atoms with E-state index in [1.807, 2.05) is 13.8 Å². The number of hydrazine groups is 1. The Balaban J connectivity index is 1.23. The van der Waals surface area contributed by atoms with E-state index in [2.05, 4.69) is 16.0 Å². The van der Waals surface area contributed by atoms with E-state index < -0.39 is 0 Å². The largest absolute Gasteiger partial charge is 0.273 e. The van der Waals surface area contributed by atoms with Crippen molar-refractivity contribution >= 4 is 11.8 Å². The highest BCUT2D eigenvalue weighted by Crippen LogP contribution is 2.60. The highest BCUT2D eigenvalue weighted by atomic mass is 19.1. The number of nitrogens with zero attached hydrogens (tertiary/aromatic N) is 2. The maximum Gasteiger partial charge on any atom is 0.244 e. The van der Waals surface area contributed by atoms with Crippen molar-refractivity contribution in [2.45, 2.75) is 58.8 Å². The number of carbonyl (C=O) groups is 2. The van der Waals surface area contributed by atoms with E-state index in [1.54, 1.807) is 16.8 Å². The van der Waals surface area contributed by atoms with Gasteiger partial charge in [0.2, 0.25) is 11.8 Å². The molecule has 7 heteroatoms. The van der Waals surface area contributed by atoms with Crippen LogP contribution in [0.15, 0.2) is 24.3 Å². The molecule has 6 nitrogen and oxygen atoms in total. The predicted octanol–water partition coefficient (Wildman–Crippen LogP) is 3.53. The Hall–Kier alpha value is -2.70. The Morgan fingerprint density at radius 1 is 1.03 bits per heavy atom. The molecule has 1 aromatic carbocycles. The smallest absolute Gasteiger partial charge is 0.244 e. The summed E-state index contributed by atoms with van der Waals surface area (Å²) < 4.78 is 14.9. The maximum absolute atomic E-state index is 13.2. The number of hydrogen-bond acceptors (Lipinski definition) is 3. The van der Waals surface area contributed by atoms with E-state index in [4.69, 9.17) is 0 Å². The van der Waals surface area contributed by atoms with E-state index in [1.165, 1.54) is 31.4 Å². The molecule has 4 aliphatic rings. The molecule has 0 atom stereocenters. The van der Waals surface area contributed by atoms with Gasteiger partial charge in [-0.15, -0.1) is 0 Å². The zero-order valence-electron chi connectivity index (χ0n) is 18.1. The third-order valence-electron chi connectivity index (χ3n) is 7.69. The van der Waals surface area contributed by atoms with Crippen LogP contribution in [0.1, 0.15) is 55.5 Å². The quantitative estimate of drug-likeness (QED) is 0.738. The molecule has 0 unspecified atom stereocenters.